The minimum absolute atomic E-state index is 0.146. The van der Waals surface area contributed by atoms with Crippen molar-refractivity contribution in [3.05, 3.63) is 54.1 Å². The number of hydrogen-bond acceptors (Lipinski definition) is 6. The quantitative estimate of drug-likeness (QED) is 0.637. The van der Waals surface area contributed by atoms with Gasteiger partial charge in [-0.15, -0.1) is 10.2 Å². The number of ether oxygens (including phenoxy) is 1. The molecule has 3 rings (SSSR count). The molecule has 1 aromatic heterocycles. The van der Waals surface area contributed by atoms with E-state index >= 15 is 0 Å². The molecule has 0 aliphatic rings. The van der Waals surface area contributed by atoms with Crippen molar-refractivity contribution in [1.82, 2.24) is 10.2 Å². The zero-order chi connectivity index (χ0) is 19.4. The van der Waals surface area contributed by atoms with Crippen LogP contribution in [0.25, 0.3) is 11.5 Å². The third kappa shape index (κ3) is 4.25. The molecule has 0 spiro atoms. The Hall–Kier alpha value is -2.94. The number of benzene rings is 2. The second-order valence-corrected chi connectivity index (χ2v) is 6.71. The lowest BCUT2D eigenvalue weighted by Crippen LogP contribution is -2.23. The molecule has 1 heterocycles. The van der Waals surface area contributed by atoms with Crippen molar-refractivity contribution < 1.29 is 22.7 Å². The van der Waals surface area contributed by atoms with Gasteiger partial charge in [-0.1, -0.05) is 30.0 Å². The van der Waals surface area contributed by atoms with E-state index in [4.69, 9.17) is 9.15 Å². The summed E-state index contributed by atoms with van der Waals surface area (Å²) in [5, 5.41) is 9.50. The Labute approximate surface area is 157 Å². The molecule has 0 saturated heterocycles. The molecular formula is C18H15F2N3O3S. The summed E-state index contributed by atoms with van der Waals surface area (Å²) in [7, 11) is 1.53. The predicted octanol–water partition coefficient (Wildman–Crippen LogP) is 4.14. The summed E-state index contributed by atoms with van der Waals surface area (Å²) in [6.45, 7) is 1.56. The van der Waals surface area contributed by atoms with Crippen LogP contribution in [0.1, 0.15) is 6.92 Å². The Bertz CT molecular complexity index is 944. The van der Waals surface area contributed by atoms with Gasteiger partial charge in [0.15, 0.2) is 0 Å². The summed E-state index contributed by atoms with van der Waals surface area (Å²) in [6.07, 6.45) is 0. The molecule has 140 valence electrons. The standard InChI is InChI=1S/C18H15F2N3O3S/c1-10(16(24)21-15-12(19)7-5-8-13(15)20)27-18-23-22-17(26-18)11-6-3-4-9-14(11)25-2/h3-10H,1-2H3,(H,21,24). The first-order valence-electron chi connectivity index (χ1n) is 7.88. The van der Waals surface area contributed by atoms with Gasteiger partial charge in [0.1, 0.15) is 23.1 Å². The molecule has 0 aliphatic carbocycles. The first-order chi connectivity index (χ1) is 13.0. The number of thioether (sulfide) groups is 1. The minimum Gasteiger partial charge on any atom is -0.496 e. The van der Waals surface area contributed by atoms with Crippen molar-refractivity contribution in [2.75, 3.05) is 12.4 Å². The van der Waals surface area contributed by atoms with Crippen LogP contribution in [0.5, 0.6) is 5.75 Å². The topological polar surface area (TPSA) is 77.2 Å². The van der Waals surface area contributed by atoms with E-state index in [0.29, 0.717) is 11.3 Å². The third-order valence-electron chi connectivity index (χ3n) is 3.60. The zero-order valence-corrected chi connectivity index (χ0v) is 15.2. The molecular weight excluding hydrogens is 376 g/mol. The molecule has 1 unspecified atom stereocenters. The van der Waals surface area contributed by atoms with Gasteiger partial charge in [-0.3, -0.25) is 4.79 Å². The highest BCUT2D eigenvalue weighted by molar-refractivity contribution is 8.00. The maximum atomic E-state index is 13.6. The SMILES string of the molecule is COc1ccccc1-c1nnc(SC(C)C(=O)Nc2c(F)cccc2F)o1. The van der Waals surface area contributed by atoms with Gasteiger partial charge in [-0.05, 0) is 31.2 Å². The number of hydrogen-bond donors (Lipinski definition) is 1. The fraction of sp³-hybridized carbons (Fsp3) is 0.167. The van der Waals surface area contributed by atoms with Gasteiger partial charge >= 0.3 is 0 Å². The average molecular weight is 391 g/mol. The lowest BCUT2D eigenvalue weighted by atomic mass is 10.2. The van der Waals surface area contributed by atoms with Gasteiger partial charge in [0.2, 0.25) is 5.91 Å². The van der Waals surface area contributed by atoms with Crippen LogP contribution in [-0.4, -0.2) is 28.5 Å². The summed E-state index contributed by atoms with van der Waals surface area (Å²) < 4.78 is 38.1. The average Bonchev–Trinajstić information content (AvgIpc) is 3.12. The Morgan fingerprint density at radius 2 is 1.85 bits per heavy atom. The van der Waals surface area contributed by atoms with Crippen molar-refractivity contribution in [3.63, 3.8) is 0 Å². The van der Waals surface area contributed by atoms with E-state index in [0.717, 1.165) is 23.9 Å². The first-order valence-corrected chi connectivity index (χ1v) is 8.76. The van der Waals surface area contributed by atoms with Crippen LogP contribution >= 0.6 is 11.8 Å². The van der Waals surface area contributed by atoms with Crippen LogP contribution in [-0.2, 0) is 4.79 Å². The second kappa shape index (κ2) is 8.17. The number of carbonyl (C=O) groups is 1. The molecule has 0 fully saturated rings. The van der Waals surface area contributed by atoms with Gasteiger partial charge in [0.25, 0.3) is 11.1 Å². The smallest absolute Gasteiger partial charge is 0.277 e. The number of anilines is 1. The maximum absolute atomic E-state index is 13.6. The molecule has 3 aromatic rings. The Morgan fingerprint density at radius 3 is 2.56 bits per heavy atom. The lowest BCUT2D eigenvalue weighted by Gasteiger charge is -2.11. The largest absolute Gasteiger partial charge is 0.496 e. The molecule has 0 radical (unpaired) electrons. The number of aromatic nitrogens is 2. The minimum atomic E-state index is -0.850. The number of para-hydroxylation sites is 2. The van der Waals surface area contributed by atoms with E-state index in [1.165, 1.54) is 13.2 Å². The summed E-state index contributed by atoms with van der Waals surface area (Å²) >= 11 is 0.974. The van der Waals surface area contributed by atoms with Gasteiger partial charge in [0.05, 0.1) is 17.9 Å². The van der Waals surface area contributed by atoms with E-state index in [2.05, 4.69) is 15.5 Å². The van der Waals surface area contributed by atoms with Crippen LogP contribution in [0.15, 0.2) is 52.1 Å². The number of amides is 1. The van der Waals surface area contributed by atoms with Crippen LogP contribution in [0, 0.1) is 11.6 Å². The number of nitrogens with one attached hydrogen (secondary N) is 1. The van der Waals surface area contributed by atoms with Crippen molar-refractivity contribution in [3.8, 4) is 17.2 Å². The summed E-state index contributed by atoms with van der Waals surface area (Å²) in [6, 6.07) is 10.5. The van der Waals surface area contributed by atoms with E-state index in [1.54, 1.807) is 25.1 Å². The molecule has 9 heteroatoms. The Kier molecular flexibility index (Phi) is 5.70. The fourth-order valence-electron chi connectivity index (χ4n) is 2.23. The molecule has 1 N–H and O–H groups in total. The summed E-state index contributed by atoms with van der Waals surface area (Å²) in [5.41, 5.74) is 0.125. The molecule has 27 heavy (non-hydrogen) atoms. The molecule has 0 bridgehead atoms. The van der Waals surface area contributed by atoms with E-state index in [9.17, 15) is 13.6 Å². The molecule has 0 aliphatic heterocycles. The van der Waals surface area contributed by atoms with Crippen LogP contribution in [0.4, 0.5) is 14.5 Å². The number of nitrogens with zero attached hydrogens (tertiary/aromatic N) is 2. The molecule has 0 saturated carbocycles. The first kappa shape index (κ1) is 18.8. The monoisotopic (exact) mass is 391 g/mol. The number of halogens is 2. The number of rotatable bonds is 6. The van der Waals surface area contributed by atoms with E-state index in [1.807, 2.05) is 6.07 Å². The van der Waals surface area contributed by atoms with Crippen LogP contribution in [0.3, 0.4) is 0 Å². The molecule has 1 amide bonds. The second-order valence-electron chi connectivity index (χ2n) is 5.42. The highest BCUT2D eigenvalue weighted by Crippen LogP contribution is 2.31. The highest BCUT2D eigenvalue weighted by Gasteiger charge is 2.22. The molecule has 6 nitrogen and oxygen atoms in total. The zero-order valence-electron chi connectivity index (χ0n) is 14.4. The van der Waals surface area contributed by atoms with Gasteiger partial charge in [-0.25, -0.2) is 8.78 Å². The van der Waals surface area contributed by atoms with Crippen molar-refractivity contribution >= 4 is 23.4 Å². The lowest BCUT2D eigenvalue weighted by molar-refractivity contribution is -0.115. The normalized spacial score (nSPS) is 11.9. The van der Waals surface area contributed by atoms with Crippen LogP contribution < -0.4 is 10.1 Å². The van der Waals surface area contributed by atoms with Gasteiger partial charge in [0, 0.05) is 0 Å². The predicted molar refractivity (Wildman–Crippen MR) is 96.6 cm³/mol. The van der Waals surface area contributed by atoms with E-state index < -0.39 is 28.5 Å². The van der Waals surface area contributed by atoms with Crippen LogP contribution in [0.2, 0.25) is 0 Å². The number of methoxy groups -OCH3 is 1. The molecule has 2 aromatic carbocycles. The summed E-state index contributed by atoms with van der Waals surface area (Å²) in [4.78, 5) is 12.2. The molecule has 1 atom stereocenters. The van der Waals surface area contributed by atoms with E-state index in [-0.39, 0.29) is 11.1 Å². The van der Waals surface area contributed by atoms with Crippen molar-refractivity contribution in [1.29, 1.82) is 0 Å². The van der Waals surface area contributed by atoms with Gasteiger partial charge < -0.3 is 14.5 Å². The Balaban J connectivity index is 1.70. The highest BCUT2D eigenvalue weighted by atomic mass is 32.2. The third-order valence-corrected chi connectivity index (χ3v) is 4.54. The Morgan fingerprint density at radius 1 is 1.15 bits per heavy atom. The maximum Gasteiger partial charge on any atom is 0.277 e. The van der Waals surface area contributed by atoms with Crippen molar-refractivity contribution in [2.24, 2.45) is 0 Å². The van der Waals surface area contributed by atoms with Crippen molar-refractivity contribution in [2.45, 2.75) is 17.4 Å². The van der Waals surface area contributed by atoms with Gasteiger partial charge in [-0.2, -0.15) is 0 Å². The number of carbonyl (C=O) groups excluding carboxylic acids is 1. The fourth-order valence-corrected chi connectivity index (χ4v) is 2.92. The summed E-state index contributed by atoms with van der Waals surface area (Å²) in [5.74, 6) is -1.49.